The Hall–Kier alpha value is -4.29. The Morgan fingerprint density at radius 2 is 1.56 bits per heavy atom. The van der Waals surface area contributed by atoms with Crippen molar-refractivity contribution in [2.75, 3.05) is 26.2 Å². The highest BCUT2D eigenvalue weighted by molar-refractivity contribution is 6.34. The number of allylic oxidation sites excluding steroid dienone is 1. The van der Waals surface area contributed by atoms with E-state index < -0.39 is 23.8 Å². The summed E-state index contributed by atoms with van der Waals surface area (Å²) in [5.74, 6) is -3.91. The lowest BCUT2D eigenvalue weighted by atomic mass is 9.80. The Morgan fingerprint density at radius 1 is 0.941 bits per heavy atom. The first-order valence-corrected chi connectivity index (χ1v) is 10.2. The summed E-state index contributed by atoms with van der Waals surface area (Å²) in [7, 11) is 3.43. The fourth-order valence-electron chi connectivity index (χ4n) is 3.76. The lowest BCUT2D eigenvalue weighted by Gasteiger charge is -2.36. The van der Waals surface area contributed by atoms with Crippen LogP contribution in [0.5, 0.6) is 0 Å². The zero-order valence-electron chi connectivity index (χ0n) is 18.5. The SMILES string of the molecule is COC(=O)C1=C(C(=O)OC)N(c2c(Cl)cccc2C(=O)OC)C(N)=C(C#N)C1c1ccccc1. The van der Waals surface area contributed by atoms with Crippen LogP contribution in [0.4, 0.5) is 5.69 Å². The minimum absolute atomic E-state index is 0.00641. The van der Waals surface area contributed by atoms with Crippen LogP contribution in [0.15, 0.2) is 71.2 Å². The van der Waals surface area contributed by atoms with Gasteiger partial charge in [0.2, 0.25) is 0 Å². The van der Waals surface area contributed by atoms with Crippen LogP contribution in [0, 0.1) is 11.3 Å². The van der Waals surface area contributed by atoms with Gasteiger partial charge in [-0.25, -0.2) is 14.4 Å². The van der Waals surface area contributed by atoms with Crippen molar-refractivity contribution in [3.8, 4) is 6.07 Å². The van der Waals surface area contributed by atoms with Crippen molar-refractivity contribution in [2.45, 2.75) is 5.92 Å². The van der Waals surface area contributed by atoms with E-state index in [1.165, 1.54) is 25.3 Å². The molecule has 0 spiro atoms. The van der Waals surface area contributed by atoms with Crippen molar-refractivity contribution >= 4 is 35.2 Å². The standard InChI is InChI=1S/C24H20ClN3O6/c1-32-22(29)14-10-7-11-16(25)19(14)28-20(24(31)34-3)18(23(30)33-2)17(15(12-26)21(28)27)13-8-5-4-6-9-13/h4-11,17H,27H2,1-3H3. The molecule has 1 aliphatic heterocycles. The summed E-state index contributed by atoms with van der Waals surface area (Å²) in [5, 5.41) is 10.1. The predicted octanol–water partition coefficient (Wildman–Crippen LogP) is 3.02. The molecule has 1 aliphatic rings. The number of carbonyl (C=O) groups excluding carboxylic acids is 3. The second kappa shape index (κ2) is 10.1. The fraction of sp³-hybridized carbons (Fsp3) is 0.167. The van der Waals surface area contributed by atoms with Gasteiger partial charge in [-0.2, -0.15) is 5.26 Å². The molecule has 3 rings (SSSR count). The average Bonchev–Trinajstić information content (AvgIpc) is 2.87. The van der Waals surface area contributed by atoms with Gasteiger partial charge in [0.15, 0.2) is 0 Å². The zero-order valence-corrected chi connectivity index (χ0v) is 19.3. The fourth-order valence-corrected chi connectivity index (χ4v) is 4.02. The first-order chi connectivity index (χ1) is 16.3. The summed E-state index contributed by atoms with van der Waals surface area (Å²) in [5.41, 5.74) is 6.22. The van der Waals surface area contributed by atoms with Crippen molar-refractivity contribution in [1.82, 2.24) is 0 Å². The molecule has 2 aromatic rings. The van der Waals surface area contributed by atoms with Gasteiger partial charge >= 0.3 is 17.9 Å². The van der Waals surface area contributed by atoms with Crippen LogP contribution < -0.4 is 10.6 Å². The van der Waals surface area contributed by atoms with E-state index in [2.05, 4.69) is 0 Å². The second-order valence-corrected chi connectivity index (χ2v) is 7.37. The minimum Gasteiger partial charge on any atom is -0.466 e. The Bertz CT molecular complexity index is 1260. The van der Waals surface area contributed by atoms with Crippen LogP contribution in [0.3, 0.4) is 0 Å². The van der Waals surface area contributed by atoms with Gasteiger partial charge in [0.25, 0.3) is 0 Å². The molecule has 2 aromatic carbocycles. The van der Waals surface area contributed by atoms with Crippen molar-refractivity contribution in [1.29, 1.82) is 5.26 Å². The molecule has 0 radical (unpaired) electrons. The maximum atomic E-state index is 13.1. The molecule has 2 N–H and O–H groups in total. The number of nitrogens with two attached hydrogens (primary N) is 1. The normalized spacial score (nSPS) is 15.5. The molecule has 10 heteroatoms. The van der Waals surface area contributed by atoms with E-state index in [4.69, 9.17) is 31.5 Å². The Balaban J connectivity index is 2.50. The third kappa shape index (κ3) is 4.07. The second-order valence-electron chi connectivity index (χ2n) is 6.96. The van der Waals surface area contributed by atoms with Crippen LogP contribution in [-0.4, -0.2) is 39.2 Å². The molecule has 0 aromatic heterocycles. The third-order valence-electron chi connectivity index (χ3n) is 5.23. The lowest BCUT2D eigenvalue weighted by Crippen LogP contribution is -2.41. The van der Waals surface area contributed by atoms with E-state index in [-0.39, 0.29) is 38.9 Å². The van der Waals surface area contributed by atoms with E-state index in [1.54, 1.807) is 30.3 Å². The van der Waals surface area contributed by atoms with Crippen LogP contribution >= 0.6 is 11.6 Å². The Morgan fingerprint density at radius 3 is 2.12 bits per heavy atom. The highest BCUT2D eigenvalue weighted by Gasteiger charge is 2.44. The number of anilines is 1. The van der Waals surface area contributed by atoms with Gasteiger partial charge in [0, 0.05) is 0 Å². The van der Waals surface area contributed by atoms with Crippen molar-refractivity contribution < 1.29 is 28.6 Å². The van der Waals surface area contributed by atoms with E-state index >= 15 is 0 Å². The summed E-state index contributed by atoms with van der Waals surface area (Å²) >= 11 is 6.45. The maximum Gasteiger partial charge on any atom is 0.355 e. The molecule has 34 heavy (non-hydrogen) atoms. The lowest BCUT2D eigenvalue weighted by molar-refractivity contribution is -0.139. The van der Waals surface area contributed by atoms with Crippen molar-refractivity contribution in [3.05, 3.63) is 87.3 Å². The molecule has 0 bridgehead atoms. The number of rotatable bonds is 5. The van der Waals surface area contributed by atoms with Crippen LogP contribution in [0.25, 0.3) is 0 Å². The van der Waals surface area contributed by atoms with E-state index in [9.17, 15) is 19.6 Å². The third-order valence-corrected chi connectivity index (χ3v) is 5.53. The topological polar surface area (TPSA) is 132 Å². The van der Waals surface area contributed by atoms with E-state index in [0.717, 1.165) is 19.1 Å². The highest BCUT2D eigenvalue weighted by Crippen LogP contribution is 2.45. The first-order valence-electron chi connectivity index (χ1n) is 9.84. The number of nitriles is 1. The number of ether oxygens (including phenoxy) is 3. The molecular weight excluding hydrogens is 462 g/mol. The Labute approximate surface area is 200 Å². The molecule has 1 unspecified atom stereocenters. The smallest absolute Gasteiger partial charge is 0.355 e. The number of para-hydroxylation sites is 1. The summed E-state index contributed by atoms with van der Waals surface area (Å²) < 4.78 is 14.8. The Kier molecular flexibility index (Phi) is 7.24. The molecule has 0 amide bonds. The molecule has 0 saturated heterocycles. The van der Waals surface area contributed by atoms with Gasteiger partial charge in [0.1, 0.15) is 11.5 Å². The number of esters is 3. The van der Waals surface area contributed by atoms with E-state index in [0.29, 0.717) is 5.56 Å². The van der Waals surface area contributed by atoms with Crippen molar-refractivity contribution in [2.24, 2.45) is 5.73 Å². The van der Waals surface area contributed by atoms with E-state index in [1.807, 2.05) is 6.07 Å². The van der Waals surface area contributed by atoms with Crippen LogP contribution in [0.1, 0.15) is 21.8 Å². The van der Waals surface area contributed by atoms with Gasteiger partial charge in [-0.1, -0.05) is 48.0 Å². The van der Waals surface area contributed by atoms with Gasteiger partial charge in [-0.15, -0.1) is 0 Å². The number of carbonyl (C=O) groups is 3. The predicted molar refractivity (Wildman–Crippen MR) is 122 cm³/mol. The number of hydrogen-bond donors (Lipinski definition) is 1. The zero-order chi connectivity index (χ0) is 25.0. The first kappa shape index (κ1) is 24.4. The number of nitrogens with zero attached hydrogens (tertiary/aromatic N) is 2. The summed E-state index contributed by atoms with van der Waals surface area (Å²) in [6.45, 7) is 0. The molecule has 1 heterocycles. The molecule has 0 saturated carbocycles. The molecule has 9 nitrogen and oxygen atoms in total. The molecular formula is C24H20ClN3O6. The summed E-state index contributed by atoms with van der Waals surface area (Å²) in [6.07, 6.45) is 0. The molecule has 1 atom stereocenters. The van der Waals surface area contributed by atoms with Gasteiger partial charge < -0.3 is 19.9 Å². The van der Waals surface area contributed by atoms with Gasteiger partial charge in [-0.3, -0.25) is 4.90 Å². The quantitative estimate of drug-likeness (QED) is 0.505. The largest absolute Gasteiger partial charge is 0.466 e. The molecule has 0 fully saturated rings. The minimum atomic E-state index is -1.05. The maximum absolute atomic E-state index is 13.1. The number of hydrogen-bond acceptors (Lipinski definition) is 9. The number of halogens is 1. The molecule has 0 aliphatic carbocycles. The molecule has 174 valence electrons. The summed E-state index contributed by atoms with van der Waals surface area (Å²) in [6, 6.07) is 14.9. The summed E-state index contributed by atoms with van der Waals surface area (Å²) in [4.78, 5) is 39.8. The van der Waals surface area contributed by atoms with Gasteiger partial charge in [-0.05, 0) is 17.7 Å². The number of benzene rings is 2. The monoisotopic (exact) mass is 481 g/mol. The van der Waals surface area contributed by atoms with Crippen molar-refractivity contribution in [3.63, 3.8) is 0 Å². The number of methoxy groups -OCH3 is 3. The average molecular weight is 482 g/mol. The highest BCUT2D eigenvalue weighted by atomic mass is 35.5. The van der Waals surface area contributed by atoms with Crippen LogP contribution in [0.2, 0.25) is 5.02 Å². The van der Waals surface area contributed by atoms with Crippen LogP contribution in [-0.2, 0) is 23.8 Å². The van der Waals surface area contributed by atoms with Gasteiger partial charge in [0.05, 0.1) is 60.7 Å².